The summed E-state index contributed by atoms with van der Waals surface area (Å²) in [7, 11) is -0.479. The van der Waals surface area contributed by atoms with Gasteiger partial charge < -0.3 is 0 Å². The Morgan fingerprint density at radius 3 is 1.35 bits per heavy atom. The summed E-state index contributed by atoms with van der Waals surface area (Å²) in [5.41, 5.74) is 0. The van der Waals surface area contributed by atoms with E-state index < -0.39 is 10.9 Å². The van der Waals surface area contributed by atoms with Crippen LogP contribution in [0.25, 0.3) is 0 Å². The van der Waals surface area contributed by atoms with Gasteiger partial charge in [0.1, 0.15) is 0 Å². The Morgan fingerprint density at radius 1 is 0.500 bits per heavy atom. The summed E-state index contributed by atoms with van der Waals surface area (Å²) in [5.74, 6) is 0. The maximum absolute atomic E-state index is 3.51. The first-order chi connectivity index (χ1) is 9.84. The molecule has 3 rings (SSSR count). The third kappa shape index (κ3) is 2.97. The number of halogens is 1. The molecule has 20 heavy (non-hydrogen) atoms. The lowest BCUT2D eigenvalue weighted by atomic mass is 10.4. The van der Waals surface area contributed by atoms with Crippen LogP contribution in [-0.4, -0.2) is 0 Å². The maximum atomic E-state index is 3.51. The highest BCUT2D eigenvalue weighted by Gasteiger charge is 2.11. The molecule has 0 amide bonds. The van der Waals surface area contributed by atoms with Gasteiger partial charge in [-0.25, -0.2) is 0 Å². The van der Waals surface area contributed by atoms with E-state index in [1.54, 1.807) is 0 Å². The predicted molar refractivity (Wildman–Crippen MR) is 90.8 cm³/mol. The molecule has 0 bridgehead atoms. The van der Waals surface area contributed by atoms with Gasteiger partial charge >= 0.3 is 0 Å². The zero-order chi connectivity index (χ0) is 13.8. The third-order valence-electron chi connectivity index (χ3n) is 3.11. The molecule has 0 saturated carbocycles. The number of rotatable bonds is 3. The van der Waals surface area contributed by atoms with Crippen LogP contribution in [0, 0.1) is 0 Å². The Balaban J connectivity index is 2.11. The molecule has 3 aromatic carbocycles. The van der Waals surface area contributed by atoms with Crippen LogP contribution in [-0.2, 0) is 0 Å². The summed E-state index contributed by atoms with van der Waals surface area (Å²) in [4.78, 5) is 4.15. The van der Waals surface area contributed by atoms with Crippen LogP contribution in [0.3, 0.4) is 0 Å². The summed E-state index contributed by atoms with van der Waals surface area (Å²) < 4.78 is 1.12. The summed E-state index contributed by atoms with van der Waals surface area (Å²) in [6.07, 6.45) is 0. The molecule has 100 valence electrons. The molecule has 0 radical (unpaired) electrons. The minimum absolute atomic E-state index is 0.479. The van der Waals surface area contributed by atoms with Crippen LogP contribution in [0.5, 0.6) is 0 Å². The molecule has 0 aliphatic carbocycles. The second kappa shape index (κ2) is 6.29. The molecule has 0 N–H and O–H groups in total. The number of hydrogen-bond acceptors (Lipinski definition) is 0. The Morgan fingerprint density at radius 2 is 0.900 bits per heavy atom. The van der Waals surface area contributed by atoms with Gasteiger partial charge in [0, 0.05) is 4.47 Å². The summed E-state index contributed by atoms with van der Waals surface area (Å²) in [5, 5.41) is 0. The van der Waals surface area contributed by atoms with Crippen molar-refractivity contribution in [3.05, 3.63) is 89.4 Å². The smallest absolute Gasteiger partial charge is 0.0176 e. The second-order valence-electron chi connectivity index (χ2n) is 4.48. The topological polar surface area (TPSA) is 0 Å². The quantitative estimate of drug-likeness (QED) is 0.560. The molecule has 0 nitrogen and oxygen atoms in total. The predicted octanol–water partition coefficient (Wildman–Crippen LogP) is 5.93. The van der Waals surface area contributed by atoms with Crippen LogP contribution in [0.1, 0.15) is 0 Å². The minimum atomic E-state index is -0.479. The van der Waals surface area contributed by atoms with E-state index in [2.05, 4.69) is 101 Å². The fraction of sp³-hybridized carbons (Fsp3) is 0. The lowest BCUT2D eigenvalue weighted by Crippen LogP contribution is -1.87. The largest absolute Gasteiger partial charge is 0.173 e. The van der Waals surface area contributed by atoms with Crippen LogP contribution in [0.2, 0.25) is 0 Å². The van der Waals surface area contributed by atoms with Crippen LogP contribution < -0.4 is 0 Å². The zero-order valence-electron chi connectivity index (χ0n) is 10.9. The molecule has 2 heteroatoms. The van der Waals surface area contributed by atoms with E-state index in [0.29, 0.717) is 0 Å². The standard InChI is InChI=1S/C18H15BrS/c19-15-11-13-18(14-12-15)20(16-7-3-1-4-8-16)17-9-5-2-6-10-17/h1-14,20H. The molecule has 3 aromatic rings. The highest BCUT2D eigenvalue weighted by atomic mass is 79.9. The molecule has 0 aromatic heterocycles. The first-order valence-electron chi connectivity index (χ1n) is 6.50. The van der Waals surface area contributed by atoms with E-state index in [4.69, 9.17) is 0 Å². The van der Waals surface area contributed by atoms with Crippen molar-refractivity contribution in [2.45, 2.75) is 14.7 Å². The van der Waals surface area contributed by atoms with Gasteiger partial charge in [-0.05, 0) is 63.2 Å². The van der Waals surface area contributed by atoms with E-state index in [1.165, 1.54) is 14.7 Å². The van der Waals surface area contributed by atoms with Crippen LogP contribution >= 0.6 is 26.8 Å². The average Bonchev–Trinajstić information content (AvgIpc) is 2.52. The molecule has 0 heterocycles. The summed E-state index contributed by atoms with van der Waals surface area (Å²) in [6, 6.07) is 30.2. The van der Waals surface area contributed by atoms with Crippen LogP contribution in [0.15, 0.2) is 104 Å². The molecule has 0 aliphatic rings. The second-order valence-corrected chi connectivity index (χ2v) is 7.62. The van der Waals surface area contributed by atoms with Gasteiger partial charge in [0.05, 0.1) is 0 Å². The van der Waals surface area contributed by atoms with Gasteiger partial charge in [-0.15, -0.1) is 0 Å². The molecule has 0 spiro atoms. The van der Waals surface area contributed by atoms with Gasteiger partial charge in [-0.1, -0.05) is 52.3 Å². The lowest BCUT2D eigenvalue weighted by Gasteiger charge is -2.23. The zero-order valence-corrected chi connectivity index (χ0v) is 13.4. The highest BCUT2D eigenvalue weighted by molar-refractivity contribution is 9.10. The monoisotopic (exact) mass is 342 g/mol. The highest BCUT2D eigenvalue weighted by Crippen LogP contribution is 2.51. The Bertz CT molecular complexity index is 623. The van der Waals surface area contributed by atoms with Gasteiger partial charge in [0.15, 0.2) is 0 Å². The Hall–Kier alpha value is -1.51. The van der Waals surface area contributed by atoms with Gasteiger partial charge in [-0.2, -0.15) is 10.9 Å². The van der Waals surface area contributed by atoms with Crippen molar-refractivity contribution in [2.75, 3.05) is 0 Å². The average molecular weight is 343 g/mol. The van der Waals surface area contributed by atoms with E-state index in [9.17, 15) is 0 Å². The van der Waals surface area contributed by atoms with Gasteiger partial charge in [0.25, 0.3) is 0 Å². The van der Waals surface area contributed by atoms with Crippen molar-refractivity contribution in [1.29, 1.82) is 0 Å². The number of benzene rings is 3. The molecule has 0 fully saturated rings. The van der Waals surface area contributed by atoms with Crippen molar-refractivity contribution >= 4 is 26.8 Å². The Labute approximate surface area is 131 Å². The minimum Gasteiger partial charge on any atom is -0.173 e. The molecule has 0 saturated heterocycles. The first kappa shape index (κ1) is 13.5. The van der Waals surface area contributed by atoms with Gasteiger partial charge in [0.2, 0.25) is 0 Å². The van der Waals surface area contributed by atoms with Crippen molar-refractivity contribution in [3.63, 3.8) is 0 Å². The van der Waals surface area contributed by atoms with E-state index in [-0.39, 0.29) is 0 Å². The van der Waals surface area contributed by atoms with E-state index in [0.717, 1.165) is 4.47 Å². The van der Waals surface area contributed by atoms with Crippen molar-refractivity contribution in [3.8, 4) is 0 Å². The van der Waals surface area contributed by atoms with E-state index in [1.807, 2.05) is 0 Å². The third-order valence-corrected chi connectivity index (χ3v) is 6.09. The van der Waals surface area contributed by atoms with Gasteiger partial charge in [-0.3, -0.25) is 0 Å². The molecular formula is C18H15BrS. The van der Waals surface area contributed by atoms with E-state index >= 15 is 0 Å². The van der Waals surface area contributed by atoms with Crippen molar-refractivity contribution in [1.82, 2.24) is 0 Å². The SMILES string of the molecule is Brc1ccc([SH](c2ccccc2)c2ccccc2)cc1. The maximum Gasteiger partial charge on any atom is 0.0176 e. The molecular weight excluding hydrogens is 328 g/mol. The normalized spacial score (nSPS) is 11.2. The lowest BCUT2D eigenvalue weighted by molar-refractivity contribution is 1.32. The van der Waals surface area contributed by atoms with Crippen molar-refractivity contribution < 1.29 is 0 Å². The summed E-state index contributed by atoms with van der Waals surface area (Å²) >= 11 is 3.51. The fourth-order valence-corrected chi connectivity index (χ4v) is 4.74. The van der Waals surface area contributed by atoms with Crippen LogP contribution in [0.4, 0.5) is 0 Å². The first-order valence-corrected chi connectivity index (χ1v) is 8.64. The summed E-state index contributed by atoms with van der Waals surface area (Å²) in [6.45, 7) is 0. The number of thiol groups is 1. The molecule has 0 aliphatic heterocycles. The fourth-order valence-electron chi connectivity index (χ4n) is 2.19. The molecule has 0 atom stereocenters. The molecule has 0 unspecified atom stereocenters. The van der Waals surface area contributed by atoms with Crippen molar-refractivity contribution in [2.24, 2.45) is 0 Å². The number of hydrogen-bond donors (Lipinski definition) is 1. The Kier molecular flexibility index (Phi) is 4.24.